The first-order chi connectivity index (χ1) is 14.8. The molecule has 0 saturated carbocycles. The number of hydrogen-bond donors (Lipinski definition) is 2. The number of amides is 2. The summed E-state index contributed by atoms with van der Waals surface area (Å²) in [6, 6.07) is 10.7. The molecule has 2 aromatic carbocycles. The second-order valence-corrected chi connectivity index (χ2v) is 8.97. The number of benzene rings is 2. The van der Waals surface area contributed by atoms with E-state index in [4.69, 9.17) is 15.2 Å². The van der Waals surface area contributed by atoms with Gasteiger partial charge in [0.05, 0.1) is 17.6 Å². The smallest absolute Gasteiger partial charge is 0.262 e. The predicted molar refractivity (Wildman–Crippen MR) is 115 cm³/mol. The Labute approximate surface area is 181 Å². The zero-order chi connectivity index (χ0) is 22.4. The lowest BCUT2D eigenvalue weighted by molar-refractivity contribution is -0.118. The van der Waals surface area contributed by atoms with Gasteiger partial charge in [0.2, 0.25) is 10.0 Å². The Morgan fingerprint density at radius 2 is 1.81 bits per heavy atom. The Morgan fingerprint density at radius 3 is 2.48 bits per heavy atom. The fraction of sp³-hybridized carbons (Fsp3) is 0.333. The minimum absolute atomic E-state index is 0.0640. The topological polar surface area (TPSA) is 128 Å². The number of methoxy groups -OCH3 is 1. The molecule has 2 amide bonds. The van der Waals surface area contributed by atoms with Crippen molar-refractivity contribution in [2.45, 2.75) is 24.2 Å². The minimum atomic E-state index is -3.62. The number of rotatable bonds is 8. The van der Waals surface area contributed by atoms with Crippen LogP contribution >= 0.6 is 0 Å². The quantitative estimate of drug-likeness (QED) is 0.637. The summed E-state index contributed by atoms with van der Waals surface area (Å²) < 4.78 is 37.8. The molecule has 1 aliphatic heterocycles. The monoisotopic (exact) mass is 447 g/mol. The Morgan fingerprint density at radius 1 is 1.10 bits per heavy atom. The maximum Gasteiger partial charge on any atom is 0.262 e. The number of piperidine rings is 1. The highest BCUT2D eigenvalue weighted by molar-refractivity contribution is 7.89. The molecule has 166 valence electrons. The molecule has 1 fully saturated rings. The molecule has 2 aromatic rings. The largest absolute Gasteiger partial charge is 0.493 e. The summed E-state index contributed by atoms with van der Waals surface area (Å²) in [6.07, 6.45) is 2.69. The minimum Gasteiger partial charge on any atom is -0.493 e. The van der Waals surface area contributed by atoms with Crippen molar-refractivity contribution in [2.75, 3.05) is 32.1 Å². The molecule has 0 bridgehead atoms. The van der Waals surface area contributed by atoms with Crippen LogP contribution in [0.25, 0.3) is 0 Å². The second kappa shape index (κ2) is 9.80. The van der Waals surface area contributed by atoms with E-state index in [9.17, 15) is 18.0 Å². The van der Waals surface area contributed by atoms with Crippen LogP contribution in [0.4, 0.5) is 5.69 Å². The summed E-state index contributed by atoms with van der Waals surface area (Å²) in [7, 11) is -2.21. The van der Waals surface area contributed by atoms with E-state index in [1.165, 1.54) is 29.6 Å². The van der Waals surface area contributed by atoms with Crippen LogP contribution in [-0.2, 0) is 14.8 Å². The fourth-order valence-electron chi connectivity index (χ4n) is 3.34. The predicted octanol–water partition coefficient (Wildman–Crippen LogP) is 1.99. The molecule has 1 saturated heterocycles. The number of nitrogens with two attached hydrogens (primary N) is 1. The maximum atomic E-state index is 12.8. The molecule has 0 atom stereocenters. The summed E-state index contributed by atoms with van der Waals surface area (Å²) >= 11 is 0. The standard InChI is InChI=1S/C21H25N3O6S/c1-29-18-10-6-9-17(21(22)26)20(18)30-14-19(25)23-15-7-5-8-16(13-15)31(27,28)24-11-3-2-4-12-24/h5-10,13H,2-4,11-12,14H2,1H3,(H2,22,26)(H,23,25). The van der Waals surface area contributed by atoms with Crippen molar-refractivity contribution in [1.29, 1.82) is 0 Å². The van der Waals surface area contributed by atoms with Gasteiger partial charge in [-0.3, -0.25) is 9.59 Å². The van der Waals surface area contributed by atoms with Crippen molar-refractivity contribution in [1.82, 2.24) is 4.31 Å². The molecule has 1 heterocycles. The molecular weight excluding hydrogens is 422 g/mol. The highest BCUT2D eigenvalue weighted by atomic mass is 32.2. The van der Waals surface area contributed by atoms with Crippen LogP contribution in [0.1, 0.15) is 29.6 Å². The molecule has 0 aliphatic carbocycles. The lowest BCUT2D eigenvalue weighted by Gasteiger charge is -2.26. The molecule has 10 heteroatoms. The Hall–Kier alpha value is -3.11. The summed E-state index contributed by atoms with van der Waals surface area (Å²) in [4.78, 5) is 24.1. The van der Waals surface area contributed by atoms with Gasteiger partial charge in [0.1, 0.15) is 0 Å². The van der Waals surface area contributed by atoms with Gasteiger partial charge in [0.25, 0.3) is 11.8 Å². The number of anilines is 1. The zero-order valence-electron chi connectivity index (χ0n) is 17.2. The third kappa shape index (κ3) is 5.33. The summed E-state index contributed by atoms with van der Waals surface area (Å²) in [5.74, 6) is -0.924. The van der Waals surface area contributed by atoms with Gasteiger partial charge in [0, 0.05) is 18.8 Å². The van der Waals surface area contributed by atoms with Gasteiger partial charge in [-0.2, -0.15) is 4.31 Å². The Balaban J connectivity index is 1.70. The number of hydrogen-bond acceptors (Lipinski definition) is 6. The first kappa shape index (κ1) is 22.6. The highest BCUT2D eigenvalue weighted by Crippen LogP contribution is 2.31. The van der Waals surface area contributed by atoms with Gasteiger partial charge < -0.3 is 20.5 Å². The van der Waals surface area contributed by atoms with Gasteiger partial charge >= 0.3 is 0 Å². The third-order valence-corrected chi connectivity index (χ3v) is 6.78. The lowest BCUT2D eigenvalue weighted by Crippen LogP contribution is -2.35. The van der Waals surface area contributed by atoms with E-state index in [1.807, 2.05) is 0 Å². The van der Waals surface area contributed by atoms with E-state index >= 15 is 0 Å². The molecule has 31 heavy (non-hydrogen) atoms. The number of carbonyl (C=O) groups excluding carboxylic acids is 2. The van der Waals surface area contributed by atoms with Crippen molar-refractivity contribution in [3.63, 3.8) is 0 Å². The van der Waals surface area contributed by atoms with Crippen molar-refractivity contribution in [2.24, 2.45) is 5.73 Å². The zero-order valence-corrected chi connectivity index (χ0v) is 18.0. The van der Waals surface area contributed by atoms with E-state index < -0.39 is 28.4 Å². The normalized spacial score (nSPS) is 14.6. The molecule has 0 spiro atoms. The second-order valence-electron chi connectivity index (χ2n) is 7.03. The van der Waals surface area contributed by atoms with Crippen LogP contribution in [0.5, 0.6) is 11.5 Å². The number of carbonyl (C=O) groups is 2. The number of nitrogens with one attached hydrogen (secondary N) is 1. The molecule has 1 aliphatic rings. The number of primary amides is 1. The van der Waals surface area contributed by atoms with Crippen molar-refractivity contribution >= 4 is 27.5 Å². The first-order valence-electron chi connectivity index (χ1n) is 9.82. The lowest BCUT2D eigenvalue weighted by atomic mass is 10.2. The van der Waals surface area contributed by atoms with Crippen LogP contribution in [0.2, 0.25) is 0 Å². The summed E-state index contributed by atoms with van der Waals surface area (Å²) in [5.41, 5.74) is 5.76. The van der Waals surface area contributed by atoms with Crippen molar-refractivity contribution in [3.05, 3.63) is 48.0 Å². The van der Waals surface area contributed by atoms with Crippen LogP contribution in [0.15, 0.2) is 47.4 Å². The third-order valence-electron chi connectivity index (χ3n) is 4.88. The van der Waals surface area contributed by atoms with E-state index in [2.05, 4.69) is 5.32 Å². The van der Waals surface area contributed by atoms with E-state index in [0.29, 0.717) is 18.8 Å². The molecule has 0 aromatic heterocycles. The van der Waals surface area contributed by atoms with Crippen molar-refractivity contribution in [3.8, 4) is 11.5 Å². The Bertz CT molecular complexity index is 1060. The molecular formula is C21H25N3O6S. The average Bonchev–Trinajstić information content (AvgIpc) is 2.78. The molecule has 0 radical (unpaired) electrons. The van der Waals surface area contributed by atoms with Gasteiger partial charge in [0.15, 0.2) is 18.1 Å². The van der Waals surface area contributed by atoms with E-state index in [-0.39, 0.29) is 22.0 Å². The van der Waals surface area contributed by atoms with Crippen LogP contribution < -0.4 is 20.5 Å². The molecule has 3 rings (SSSR count). The van der Waals surface area contributed by atoms with E-state index in [0.717, 1.165) is 19.3 Å². The molecule has 3 N–H and O–H groups in total. The average molecular weight is 448 g/mol. The van der Waals surface area contributed by atoms with Crippen LogP contribution in [0, 0.1) is 0 Å². The molecule has 0 unspecified atom stereocenters. The van der Waals surface area contributed by atoms with Gasteiger partial charge in [-0.15, -0.1) is 0 Å². The molecule has 9 nitrogen and oxygen atoms in total. The van der Waals surface area contributed by atoms with Gasteiger partial charge in [-0.25, -0.2) is 8.42 Å². The number of ether oxygens (including phenoxy) is 2. The van der Waals surface area contributed by atoms with Crippen LogP contribution in [-0.4, -0.2) is 51.3 Å². The maximum absolute atomic E-state index is 12.8. The first-order valence-corrected chi connectivity index (χ1v) is 11.3. The number of para-hydroxylation sites is 1. The summed E-state index contributed by atoms with van der Waals surface area (Å²) in [5, 5.41) is 2.61. The number of sulfonamides is 1. The van der Waals surface area contributed by atoms with E-state index in [1.54, 1.807) is 24.3 Å². The summed E-state index contributed by atoms with van der Waals surface area (Å²) in [6.45, 7) is 0.561. The van der Waals surface area contributed by atoms with Gasteiger partial charge in [-0.1, -0.05) is 18.6 Å². The fourth-order valence-corrected chi connectivity index (χ4v) is 4.91. The SMILES string of the molecule is COc1cccc(C(N)=O)c1OCC(=O)Nc1cccc(S(=O)(=O)N2CCCCC2)c1. The van der Waals surface area contributed by atoms with Crippen LogP contribution in [0.3, 0.4) is 0 Å². The van der Waals surface area contributed by atoms with Crippen molar-refractivity contribution < 1.29 is 27.5 Å². The number of nitrogens with zero attached hydrogens (tertiary/aromatic N) is 1. The Kier molecular flexibility index (Phi) is 7.13. The highest BCUT2D eigenvalue weighted by Gasteiger charge is 2.26. The van der Waals surface area contributed by atoms with Gasteiger partial charge in [-0.05, 0) is 43.2 Å².